The molecule has 0 bridgehead atoms. The van der Waals surface area contributed by atoms with Gasteiger partial charge in [0, 0.05) is 12.6 Å². The van der Waals surface area contributed by atoms with E-state index >= 15 is 0 Å². The van der Waals surface area contributed by atoms with Crippen LogP contribution in [0.5, 0.6) is 0 Å². The molecule has 0 radical (unpaired) electrons. The van der Waals surface area contributed by atoms with Gasteiger partial charge in [-0.05, 0) is 19.1 Å². The minimum Gasteiger partial charge on any atom is -0.366 e. The van der Waals surface area contributed by atoms with Gasteiger partial charge in [0.05, 0.1) is 12.2 Å². The van der Waals surface area contributed by atoms with Crippen LogP contribution in [0.25, 0.3) is 0 Å². The average molecular weight is 231 g/mol. The Bertz CT molecular complexity index is 393. The van der Waals surface area contributed by atoms with Crippen molar-refractivity contribution in [2.75, 3.05) is 18.5 Å². The first-order valence-corrected chi connectivity index (χ1v) is 4.72. The van der Waals surface area contributed by atoms with E-state index in [0.717, 1.165) is 11.0 Å². The maximum absolute atomic E-state index is 13.5. The largest absolute Gasteiger partial charge is 0.366 e. The quantitative estimate of drug-likeness (QED) is 0.742. The van der Waals surface area contributed by atoms with Gasteiger partial charge in [0.1, 0.15) is 5.82 Å². The van der Waals surface area contributed by atoms with Gasteiger partial charge in [0.15, 0.2) is 5.78 Å². The fraction of sp³-hybridized carbons (Fsp3) is 0.364. The maximum Gasteiger partial charge on any atom is 0.255 e. The highest BCUT2D eigenvalue weighted by molar-refractivity contribution is 5.99. The van der Waals surface area contributed by atoms with E-state index in [2.05, 4.69) is 0 Å². The molecule has 0 saturated heterocycles. The van der Waals surface area contributed by atoms with E-state index in [4.69, 9.17) is 0 Å². The van der Waals surface area contributed by atoms with Crippen LogP contribution in [0.3, 0.4) is 0 Å². The number of carbonyl (C=O) groups is 1. The number of rotatable bonds is 4. The summed E-state index contributed by atoms with van der Waals surface area (Å²) in [4.78, 5) is 12.3. The second-order valence-corrected chi connectivity index (χ2v) is 3.46. The number of para-hydroxylation sites is 1. The molecule has 0 heterocycles. The summed E-state index contributed by atoms with van der Waals surface area (Å²) in [6.07, 6.45) is -2.58. The molecule has 0 atom stereocenters. The average Bonchev–Trinajstić information content (AvgIpc) is 2.15. The molecule has 1 aromatic carbocycles. The second-order valence-electron chi connectivity index (χ2n) is 3.46. The van der Waals surface area contributed by atoms with Crippen molar-refractivity contribution in [1.82, 2.24) is 0 Å². The number of nitrogens with zero attached hydrogens (tertiary/aromatic N) is 1. The summed E-state index contributed by atoms with van der Waals surface area (Å²) in [5.74, 6) is -1.02. The van der Waals surface area contributed by atoms with Crippen molar-refractivity contribution in [3.8, 4) is 0 Å². The Morgan fingerprint density at radius 2 is 2.06 bits per heavy atom. The van der Waals surface area contributed by atoms with Gasteiger partial charge in [0.25, 0.3) is 6.43 Å². The van der Waals surface area contributed by atoms with Crippen LogP contribution in [0.1, 0.15) is 17.3 Å². The van der Waals surface area contributed by atoms with Gasteiger partial charge >= 0.3 is 0 Å². The molecular weight excluding hydrogens is 219 g/mol. The Morgan fingerprint density at radius 3 is 2.56 bits per heavy atom. The van der Waals surface area contributed by atoms with E-state index in [0.29, 0.717) is 0 Å². The van der Waals surface area contributed by atoms with Crippen molar-refractivity contribution < 1.29 is 18.0 Å². The number of hydrogen-bond donors (Lipinski definition) is 0. The summed E-state index contributed by atoms with van der Waals surface area (Å²) in [5.41, 5.74) is 0.0402. The summed E-state index contributed by atoms with van der Waals surface area (Å²) < 4.78 is 37.8. The highest BCUT2D eigenvalue weighted by Crippen LogP contribution is 2.24. The molecule has 0 spiro atoms. The van der Waals surface area contributed by atoms with Crippen molar-refractivity contribution in [2.45, 2.75) is 13.3 Å². The van der Waals surface area contributed by atoms with Crippen molar-refractivity contribution >= 4 is 11.5 Å². The standard InChI is InChI=1S/C11H12F3NO/c1-7(16)8-4-3-5-9(12)11(8)15(2)6-10(13)14/h3-5,10H,6H2,1-2H3. The number of Topliss-reactive ketones (excluding diaryl/α,β-unsaturated/α-hetero) is 1. The first-order chi connectivity index (χ1) is 7.43. The molecule has 0 aliphatic carbocycles. The fourth-order valence-corrected chi connectivity index (χ4v) is 1.49. The van der Waals surface area contributed by atoms with Gasteiger partial charge < -0.3 is 4.90 Å². The minimum atomic E-state index is -2.58. The Hall–Kier alpha value is -1.52. The van der Waals surface area contributed by atoms with Crippen LogP contribution < -0.4 is 4.90 Å². The normalized spacial score (nSPS) is 10.6. The Labute approximate surface area is 91.7 Å². The van der Waals surface area contributed by atoms with Gasteiger partial charge in [-0.3, -0.25) is 4.79 Å². The predicted molar refractivity (Wildman–Crippen MR) is 55.7 cm³/mol. The minimum absolute atomic E-state index is 0.0738. The number of hydrogen-bond acceptors (Lipinski definition) is 2. The lowest BCUT2D eigenvalue weighted by molar-refractivity contribution is 0.101. The number of anilines is 1. The Balaban J connectivity index is 3.14. The molecule has 2 nitrogen and oxygen atoms in total. The van der Waals surface area contributed by atoms with Crippen molar-refractivity contribution in [3.05, 3.63) is 29.6 Å². The predicted octanol–water partition coefficient (Wildman–Crippen LogP) is 2.73. The van der Waals surface area contributed by atoms with Crippen LogP contribution >= 0.6 is 0 Å². The lowest BCUT2D eigenvalue weighted by atomic mass is 10.1. The van der Waals surface area contributed by atoms with Crippen LogP contribution in [-0.4, -0.2) is 25.8 Å². The van der Waals surface area contributed by atoms with Crippen LogP contribution in [0.15, 0.2) is 18.2 Å². The number of alkyl halides is 2. The Morgan fingerprint density at radius 1 is 1.44 bits per heavy atom. The van der Waals surface area contributed by atoms with Gasteiger partial charge in [0.2, 0.25) is 0 Å². The molecule has 88 valence electrons. The first-order valence-electron chi connectivity index (χ1n) is 4.72. The van der Waals surface area contributed by atoms with Crippen LogP contribution in [0.4, 0.5) is 18.9 Å². The lowest BCUT2D eigenvalue weighted by Crippen LogP contribution is -2.26. The second kappa shape index (κ2) is 5.01. The van der Waals surface area contributed by atoms with Gasteiger partial charge in [-0.15, -0.1) is 0 Å². The maximum atomic E-state index is 13.5. The van der Waals surface area contributed by atoms with Gasteiger partial charge in [-0.2, -0.15) is 0 Å². The molecule has 1 rings (SSSR count). The molecule has 0 saturated carbocycles. The van der Waals surface area contributed by atoms with Gasteiger partial charge in [-0.25, -0.2) is 13.2 Å². The fourth-order valence-electron chi connectivity index (χ4n) is 1.49. The molecule has 1 aromatic rings. The summed E-state index contributed by atoms with van der Waals surface area (Å²) in [6.45, 7) is 0.662. The molecule has 0 amide bonds. The topological polar surface area (TPSA) is 20.3 Å². The molecule has 0 aromatic heterocycles. The highest BCUT2D eigenvalue weighted by atomic mass is 19.3. The monoisotopic (exact) mass is 231 g/mol. The van der Waals surface area contributed by atoms with E-state index in [1.807, 2.05) is 0 Å². The third kappa shape index (κ3) is 2.74. The van der Waals surface area contributed by atoms with Crippen LogP contribution in [-0.2, 0) is 0 Å². The molecule has 0 aliphatic heterocycles. The van der Waals surface area contributed by atoms with Crippen molar-refractivity contribution in [3.63, 3.8) is 0 Å². The van der Waals surface area contributed by atoms with E-state index in [9.17, 15) is 18.0 Å². The first kappa shape index (κ1) is 12.5. The van der Waals surface area contributed by atoms with Crippen LogP contribution in [0, 0.1) is 5.82 Å². The SMILES string of the molecule is CC(=O)c1cccc(F)c1N(C)CC(F)F. The molecule has 0 aliphatic rings. The molecule has 0 fully saturated rings. The summed E-state index contributed by atoms with van der Waals surface area (Å²) in [6, 6.07) is 3.94. The lowest BCUT2D eigenvalue weighted by Gasteiger charge is -2.21. The smallest absolute Gasteiger partial charge is 0.255 e. The van der Waals surface area contributed by atoms with Crippen molar-refractivity contribution in [2.24, 2.45) is 0 Å². The van der Waals surface area contributed by atoms with E-state index < -0.39 is 18.8 Å². The molecule has 5 heteroatoms. The molecule has 0 N–H and O–H groups in total. The molecule has 16 heavy (non-hydrogen) atoms. The van der Waals surface area contributed by atoms with Crippen LogP contribution in [0.2, 0.25) is 0 Å². The number of carbonyl (C=O) groups excluding carboxylic acids is 1. The number of benzene rings is 1. The summed E-state index contributed by atoms with van der Waals surface area (Å²) in [7, 11) is 1.33. The van der Waals surface area contributed by atoms with E-state index in [1.54, 1.807) is 0 Å². The van der Waals surface area contributed by atoms with Gasteiger partial charge in [-0.1, -0.05) is 6.07 Å². The summed E-state index contributed by atoms with van der Waals surface area (Å²) >= 11 is 0. The van der Waals surface area contributed by atoms with Crippen molar-refractivity contribution in [1.29, 1.82) is 0 Å². The third-order valence-corrected chi connectivity index (χ3v) is 2.16. The van der Waals surface area contributed by atoms with E-state index in [-0.39, 0.29) is 17.0 Å². The number of ketones is 1. The number of halogens is 3. The zero-order valence-electron chi connectivity index (χ0n) is 9.01. The zero-order valence-corrected chi connectivity index (χ0v) is 9.01. The molecule has 0 unspecified atom stereocenters. The zero-order chi connectivity index (χ0) is 12.3. The molecular formula is C11H12F3NO. The van der Waals surface area contributed by atoms with E-state index in [1.165, 1.54) is 26.1 Å². The third-order valence-electron chi connectivity index (χ3n) is 2.16. The summed E-state index contributed by atoms with van der Waals surface area (Å²) in [5, 5.41) is 0. The Kier molecular flexibility index (Phi) is 3.93. The highest BCUT2D eigenvalue weighted by Gasteiger charge is 2.18.